The van der Waals surface area contributed by atoms with Crippen molar-refractivity contribution in [3.63, 3.8) is 0 Å². The Morgan fingerprint density at radius 1 is 0.794 bits per heavy atom. The molecule has 0 bridgehead atoms. The minimum absolute atomic E-state index is 0.102. The number of methoxy groups -OCH3 is 2. The first-order chi connectivity index (χ1) is 16.5. The van der Waals surface area contributed by atoms with Gasteiger partial charge < -0.3 is 14.8 Å². The minimum atomic E-state index is -0.102. The first kappa shape index (κ1) is 23.2. The molecule has 4 rings (SSSR count). The second kappa shape index (κ2) is 10.3. The van der Waals surface area contributed by atoms with Crippen molar-refractivity contribution in [3.8, 4) is 34.0 Å². The molecule has 0 atom stereocenters. The molecule has 4 aromatic rings. The van der Waals surface area contributed by atoms with Crippen molar-refractivity contribution in [3.05, 3.63) is 72.3 Å². The molecule has 0 radical (unpaired) electrons. The summed E-state index contributed by atoms with van der Waals surface area (Å²) in [7, 11) is 3.28. The molecule has 0 unspecified atom stereocenters. The number of carbonyl (C=O) groups excluding carboxylic acids is 1. The van der Waals surface area contributed by atoms with Gasteiger partial charge in [-0.25, -0.2) is 9.97 Å². The molecule has 0 aliphatic carbocycles. The summed E-state index contributed by atoms with van der Waals surface area (Å²) in [6.45, 7) is 4.92. The lowest BCUT2D eigenvalue weighted by Gasteiger charge is -2.12. The Balaban J connectivity index is 1.78. The van der Waals surface area contributed by atoms with Crippen LogP contribution in [0, 0.1) is 5.92 Å². The summed E-state index contributed by atoms with van der Waals surface area (Å²) in [6, 6.07) is 20.9. The van der Waals surface area contributed by atoms with Gasteiger partial charge in [0.25, 0.3) is 5.91 Å². The molecule has 1 heterocycles. The highest BCUT2D eigenvalue weighted by atomic mass is 16.5. The van der Waals surface area contributed by atoms with Crippen molar-refractivity contribution in [2.24, 2.45) is 5.92 Å². The van der Waals surface area contributed by atoms with Crippen molar-refractivity contribution in [2.75, 3.05) is 20.8 Å². The van der Waals surface area contributed by atoms with Crippen molar-refractivity contribution < 1.29 is 14.3 Å². The number of hydrogen-bond acceptors (Lipinski definition) is 5. The summed E-state index contributed by atoms with van der Waals surface area (Å²) in [6.07, 6.45) is 0.936. The number of benzene rings is 3. The third-order valence-corrected chi connectivity index (χ3v) is 5.66. The number of fused-ring (bicyclic) bond motifs is 1. The Labute approximate surface area is 200 Å². The highest BCUT2D eigenvalue weighted by Gasteiger charge is 2.15. The average Bonchev–Trinajstić information content (AvgIpc) is 2.87. The van der Waals surface area contributed by atoms with Crippen LogP contribution in [0.2, 0.25) is 0 Å². The zero-order valence-electron chi connectivity index (χ0n) is 20.0. The number of amides is 1. The Hall–Kier alpha value is -3.93. The fourth-order valence-electron chi connectivity index (χ4n) is 3.67. The molecule has 174 valence electrons. The number of aromatic nitrogens is 2. The second-order valence-electron chi connectivity index (χ2n) is 8.52. The van der Waals surface area contributed by atoms with Gasteiger partial charge in [0.15, 0.2) is 0 Å². The van der Waals surface area contributed by atoms with Gasteiger partial charge in [-0.15, -0.1) is 0 Å². The number of nitrogens with one attached hydrogen (secondary N) is 1. The van der Waals surface area contributed by atoms with E-state index in [1.807, 2.05) is 54.6 Å². The molecule has 0 saturated heterocycles. The maximum Gasteiger partial charge on any atom is 0.251 e. The van der Waals surface area contributed by atoms with E-state index in [1.165, 1.54) is 0 Å². The SMILES string of the molecule is COc1ccc(-c2nc3ccc(C(=O)NCCC(C)C)cc3nc2-c2ccc(OC)cc2)cc1. The molecule has 0 aliphatic heterocycles. The molecule has 34 heavy (non-hydrogen) atoms. The molecule has 0 aliphatic rings. The van der Waals surface area contributed by atoms with E-state index >= 15 is 0 Å². The van der Waals surface area contributed by atoms with Crippen LogP contribution in [0.3, 0.4) is 0 Å². The van der Waals surface area contributed by atoms with E-state index in [4.69, 9.17) is 19.4 Å². The van der Waals surface area contributed by atoms with E-state index in [0.717, 1.165) is 46.0 Å². The van der Waals surface area contributed by atoms with Gasteiger partial charge in [0.1, 0.15) is 11.5 Å². The maximum atomic E-state index is 12.7. The lowest BCUT2D eigenvalue weighted by molar-refractivity contribution is 0.0952. The second-order valence-corrected chi connectivity index (χ2v) is 8.52. The molecule has 0 spiro atoms. The Kier molecular flexibility index (Phi) is 7.07. The lowest BCUT2D eigenvalue weighted by Crippen LogP contribution is -2.25. The molecule has 1 N–H and O–H groups in total. The minimum Gasteiger partial charge on any atom is -0.497 e. The number of hydrogen-bond donors (Lipinski definition) is 1. The standard InChI is InChI=1S/C28H29N3O3/c1-18(2)15-16-29-28(32)21-9-14-24-25(17-21)31-27(20-7-12-23(34-4)13-8-20)26(30-24)19-5-10-22(33-3)11-6-19/h5-14,17-18H,15-16H2,1-4H3,(H,29,32). The molecule has 0 saturated carbocycles. The Morgan fingerprint density at radius 3 is 1.82 bits per heavy atom. The van der Waals surface area contributed by atoms with Gasteiger partial charge in [-0.3, -0.25) is 4.79 Å². The third kappa shape index (κ3) is 5.17. The molecule has 0 fully saturated rings. The van der Waals surface area contributed by atoms with E-state index in [2.05, 4.69) is 19.2 Å². The van der Waals surface area contributed by atoms with Crippen LogP contribution in [0.1, 0.15) is 30.6 Å². The van der Waals surface area contributed by atoms with Gasteiger partial charge in [-0.1, -0.05) is 13.8 Å². The molecule has 6 nitrogen and oxygen atoms in total. The van der Waals surface area contributed by atoms with Crippen LogP contribution in [0.4, 0.5) is 0 Å². The Morgan fingerprint density at radius 2 is 1.32 bits per heavy atom. The third-order valence-electron chi connectivity index (χ3n) is 5.66. The zero-order chi connectivity index (χ0) is 24.1. The molecular formula is C28H29N3O3. The van der Waals surface area contributed by atoms with Crippen LogP contribution >= 0.6 is 0 Å². The maximum absolute atomic E-state index is 12.7. The zero-order valence-corrected chi connectivity index (χ0v) is 20.0. The highest BCUT2D eigenvalue weighted by Crippen LogP contribution is 2.33. The summed E-state index contributed by atoms with van der Waals surface area (Å²) in [5, 5.41) is 2.99. The van der Waals surface area contributed by atoms with Crippen molar-refractivity contribution in [2.45, 2.75) is 20.3 Å². The van der Waals surface area contributed by atoms with Gasteiger partial charge in [0, 0.05) is 23.2 Å². The van der Waals surface area contributed by atoms with E-state index in [-0.39, 0.29) is 5.91 Å². The normalized spacial score (nSPS) is 11.0. The number of nitrogens with zero attached hydrogens (tertiary/aromatic N) is 2. The Bertz CT molecular complexity index is 1280. The monoisotopic (exact) mass is 455 g/mol. The predicted molar refractivity (Wildman–Crippen MR) is 135 cm³/mol. The summed E-state index contributed by atoms with van der Waals surface area (Å²) in [4.78, 5) is 22.6. The fourth-order valence-corrected chi connectivity index (χ4v) is 3.67. The van der Waals surface area contributed by atoms with Crippen LogP contribution in [-0.2, 0) is 0 Å². The number of ether oxygens (including phenoxy) is 2. The first-order valence-electron chi connectivity index (χ1n) is 11.4. The van der Waals surface area contributed by atoms with Crippen LogP contribution in [0.5, 0.6) is 11.5 Å². The summed E-state index contributed by atoms with van der Waals surface area (Å²) in [5.41, 5.74) is 5.29. The molecule has 1 amide bonds. The van der Waals surface area contributed by atoms with Gasteiger partial charge >= 0.3 is 0 Å². The largest absolute Gasteiger partial charge is 0.497 e. The van der Waals surface area contributed by atoms with E-state index < -0.39 is 0 Å². The molecule has 3 aromatic carbocycles. The summed E-state index contributed by atoms with van der Waals surface area (Å²) < 4.78 is 10.6. The van der Waals surface area contributed by atoms with Crippen molar-refractivity contribution in [1.29, 1.82) is 0 Å². The fraction of sp³-hybridized carbons (Fsp3) is 0.250. The quantitative estimate of drug-likeness (QED) is 0.366. The number of carbonyl (C=O) groups is 1. The first-order valence-corrected chi connectivity index (χ1v) is 11.4. The van der Waals surface area contributed by atoms with E-state index in [0.29, 0.717) is 23.5 Å². The van der Waals surface area contributed by atoms with Crippen LogP contribution in [0.25, 0.3) is 33.5 Å². The lowest BCUT2D eigenvalue weighted by atomic mass is 10.0. The highest BCUT2D eigenvalue weighted by molar-refractivity contribution is 5.98. The van der Waals surface area contributed by atoms with Gasteiger partial charge in [0.2, 0.25) is 0 Å². The van der Waals surface area contributed by atoms with Crippen LogP contribution in [-0.4, -0.2) is 36.6 Å². The van der Waals surface area contributed by atoms with Gasteiger partial charge in [0.05, 0.1) is 36.6 Å². The van der Waals surface area contributed by atoms with Gasteiger partial charge in [-0.2, -0.15) is 0 Å². The van der Waals surface area contributed by atoms with E-state index in [1.54, 1.807) is 26.4 Å². The van der Waals surface area contributed by atoms with Gasteiger partial charge in [-0.05, 0) is 79.1 Å². The summed E-state index contributed by atoms with van der Waals surface area (Å²) in [5.74, 6) is 1.97. The summed E-state index contributed by atoms with van der Waals surface area (Å²) >= 11 is 0. The van der Waals surface area contributed by atoms with Crippen molar-refractivity contribution in [1.82, 2.24) is 15.3 Å². The smallest absolute Gasteiger partial charge is 0.251 e. The van der Waals surface area contributed by atoms with E-state index in [9.17, 15) is 4.79 Å². The van der Waals surface area contributed by atoms with Crippen LogP contribution < -0.4 is 14.8 Å². The predicted octanol–water partition coefficient (Wildman–Crippen LogP) is 5.76. The number of rotatable bonds is 8. The average molecular weight is 456 g/mol. The topological polar surface area (TPSA) is 73.3 Å². The van der Waals surface area contributed by atoms with Crippen molar-refractivity contribution >= 4 is 16.9 Å². The van der Waals surface area contributed by atoms with Crippen LogP contribution in [0.15, 0.2) is 66.7 Å². The molecule has 1 aromatic heterocycles. The molecule has 6 heteroatoms. The molecular weight excluding hydrogens is 426 g/mol.